The Morgan fingerprint density at radius 2 is 2.50 bits per heavy atom. The van der Waals surface area contributed by atoms with Crippen molar-refractivity contribution >= 4 is 17.7 Å². The quantitative estimate of drug-likeness (QED) is 0.772. The highest BCUT2D eigenvalue weighted by molar-refractivity contribution is 7.99. The summed E-state index contributed by atoms with van der Waals surface area (Å²) in [6.45, 7) is 2.35. The van der Waals surface area contributed by atoms with Crippen molar-refractivity contribution in [2.75, 3.05) is 12.3 Å². The molecule has 2 unspecified atom stereocenters. The highest BCUT2D eigenvalue weighted by atomic mass is 32.2. The van der Waals surface area contributed by atoms with Gasteiger partial charge in [0.2, 0.25) is 5.91 Å². The lowest BCUT2D eigenvalue weighted by atomic mass is 10.1. The van der Waals surface area contributed by atoms with Crippen LogP contribution >= 0.6 is 11.8 Å². The van der Waals surface area contributed by atoms with Gasteiger partial charge in [0.05, 0.1) is 6.07 Å². The molecular formula is C10H16N2OS. The maximum Gasteiger partial charge on any atom is 0.237 e. The lowest BCUT2D eigenvalue weighted by Gasteiger charge is -2.21. The van der Waals surface area contributed by atoms with Crippen molar-refractivity contribution in [3.8, 4) is 6.07 Å². The zero-order valence-corrected chi connectivity index (χ0v) is 9.27. The molecule has 3 nitrogen and oxygen atoms in total. The molecule has 78 valence electrons. The average Bonchev–Trinajstić information content (AvgIpc) is 2.26. The van der Waals surface area contributed by atoms with Gasteiger partial charge in [0.15, 0.2) is 0 Å². The maximum absolute atomic E-state index is 11.3. The highest BCUT2D eigenvalue weighted by Crippen LogP contribution is 2.24. The van der Waals surface area contributed by atoms with Crippen LogP contribution in [0.25, 0.3) is 0 Å². The summed E-state index contributed by atoms with van der Waals surface area (Å²) in [7, 11) is 0. The van der Waals surface area contributed by atoms with Gasteiger partial charge in [-0.05, 0) is 25.5 Å². The topological polar surface area (TPSA) is 52.9 Å². The predicted octanol–water partition coefficient (Wildman–Crippen LogP) is 1.55. The van der Waals surface area contributed by atoms with Crippen molar-refractivity contribution < 1.29 is 4.79 Å². The van der Waals surface area contributed by atoms with E-state index in [1.807, 2.05) is 17.8 Å². The van der Waals surface area contributed by atoms with Crippen molar-refractivity contribution in [2.24, 2.45) is 5.92 Å². The minimum atomic E-state index is -0.524. The van der Waals surface area contributed by atoms with Gasteiger partial charge >= 0.3 is 0 Å². The second-order valence-electron chi connectivity index (χ2n) is 3.58. The number of hydrogen-bond acceptors (Lipinski definition) is 3. The van der Waals surface area contributed by atoms with Gasteiger partial charge in [-0.25, -0.2) is 0 Å². The third kappa shape index (κ3) is 3.59. The first-order chi connectivity index (χ1) is 6.74. The van der Waals surface area contributed by atoms with Gasteiger partial charge in [0, 0.05) is 11.8 Å². The Labute approximate surface area is 89.2 Å². The molecule has 1 aliphatic rings. The van der Waals surface area contributed by atoms with E-state index >= 15 is 0 Å². The van der Waals surface area contributed by atoms with E-state index in [0.29, 0.717) is 5.25 Å². The molecule has 0 spiro atoms. The molecule has 4 heteroatoms. The largest absolute Gasteiger partial charge is 0.354 e. The summed E-state index contributed by atoms with van der Waals surface area (Å²) in [5, 5.41) is 11.9. The number of thioether (sulfide) groups is 1. The zero-order chi connectivity index (χ0) is 10.4. The standard InChI is InChI=1S/C10H16N2OS/c1-8(6-11)10(13)12-7-9-4-2-3-5-14-9/h8-9H,2-5,7H2,1H3,(H,12,13). The Bertz CT molecular complexity index is 231. The number of rotatable bonds is 3. The average molecular weight is 212 g/mol. The van der Waals surface area contributed by atoms with Gasteiger partial charge in [-0.3, -0.25) is 4.79 Å². The summed E-state index contributed by atoms with van der Waals surface area (Å²) in [4.78, 5) is 11.3. The molecule has 1 aliphatic heterocycles. The molecule has 0 bridgehead atoms. The minimum Gasteiger partial charge on any atom is -0.354 e. The second kappa shape index (κ2) is 5.92. The molecule has 1 saturated heterocycles. The normalized spacial score (nSPS) is 23.6. The zero-order valence-electron chi connectivity index (χ0n) is 8.45. The van der Waals surface area contributed by atoms with E-state index in [-0.39, 0.29) is 5.91 Å². The van der Waals surface area contributed by atoms with E-state index in [1.165, 1.54) is 25.0 Å². The van der Waals surface area contributed by atoms with Crippen molar-refractivity contribution in [1.29, 1.82) is 5.26 Å². The van der Waals surface area contributed by atoms with Crippen LogP contribution in [-0.4, -0.2) is 23.5 Å². The number of nitriles is 1. The van der Waals surface area contributed by atoms with Crippen LogP contribution in [0.15, 0.2) is 0 Å². The Morgan fingerprint density at radius 3 is 3.07 bits per heavy atom. The van der Waals surface area contributed by atoms with Crippen LogP contribution in [-0.2, 0) is 4.79 Å². The van der Waals surface area contributed by atoms with Gasteiger partial charge in [-0.15, -0.1) is 0 Å². The molecule has 1 amide bonds. The molecule has 0 aromatic rings. The van der Waals surface area contributed by atoms with E-state index in [0.717, 1.165) is 6.54 Å². The Kier molecular flexibility index (Phi) is 4.81. The summed E-state index contributed by atoms with van der Waals surface area (Å²) in [6, 6.07) is 1.93. The lowest BCUT2D eigenvalue weighted by Crippen LogP contribution is -2.34. The van der Waals surface area contributed by atoms with Crippen molar-refractivity contribution in [1.82, 2.24) is 5.32 Å². The van der Waals surface area contributed by atoms with E-state index in [1.54, 1.807) is 6.92 Å². The highest BCUT2D eigenvalue weighted by Gasteiger charge is 2.16. The lowest BCUT2D eigenvalue weighted by molar-refractivity contribution is -0.122. The van der Waals surface area contributed by atoms with Crippen LogP contribution in [0, 0.1) is 17.2 Å². The third-order valence-corrected chi connectivity index (χ3v) is 3.76. The van der Waals surface area contributed by atoms with E-state index < -0.39 is 5.92 Å². The van der Waals surface area contributed by atoms with Crippen LogP contribution in [0.4, 0.5) is 0 Å². The van der Waals surface area contributed by atoms with Crippen LogP contribution < -0.4 is 5.32 Å². The first-order valence-electron chi connectivity index (χ1n) is 5.03. The first kappa shape index (κ1) is 11.4. The Balaban J connectivity index is 2.19. The van der Waals surface area contributed by atoms with E-state index in [9.17, 15) is 4.79 Å². The molecule has 1 rings (SSSR count). The SMILES string of the molecule is CC(C#N)C(=O)NCC1CCCCS1. The fraction of sp³-hybridized carbons (Fsp3) is 0.800. The monoisotopic (exact) mass is 212 g/mol. The minimum absolute atomic E-state index is 0.140. The first-order valence-corrected chi connectivity index (χ1v) is 6.08. The molecule has 14 heavy (non-hydrogen) atoms. The summed E-state index contributed by atoms with van der Waals surface area (Å²) in [6.07, 6.45) is 3.75. The fourth-order valence-electron chi connectivity index (χ4n) is 1.39. The molecular weight excluding hydrogens is 196 g/mol. The van der Waals surface area contributed by atoms with Crippen LogP contribution in [0.1, 0.15) is 26.2 Å². The summed E-state index contributed by atoms with van der Waals surface area (Å²) in [5.74, 6) is 0.538. The van der Waals surface area contributed by atoms with Crippen molar-refractivity contribution in [2.45, 2.75) is 31.4 Å². The molecule has 0 radical (unpaired) electrons. The number of amides is 1. The van der Waals surface area contributed by atoms with Gasteiger partial charge in [0.25, 0.3) is 0 Å². The summed E-state index contributed by atoms with van der Waals surface area (Å²) < 4.78 is 0. The smallest absolute Gasteiger partial charge is 0.237 e. The Morgan fingerprint density at radius 1 is 1.71 bits per heavy atom. The van der Waals surface area contributed by atoms with Gasteiger partial charge in [-0.1, -0.05) is 6.42 Å². The molecule has 2 atom stereocenters. The number of carbonyl (C=O) groups is 1. The van der Waals surface area contributed by atoms with Crippen LogP contribution in [0.5, 0.6) is 0 Å². The third-order valence-electron chi connectivity index (χ3n) is 2.36. The summed E-state index contributed by atoms with van der Waals surface area (Å²) in [5.41, 5.74) is 0. The second-order valence-corrected chi connectivity index (χ2v) is 4.99. The number of nitrogens with one attached hydrogen (secondary N) is 1. The molecule has 1 heterocycles. The van der Waals surface area contributed by atoms with Crippen molar-refractivity contribution in [3.05, 3.63) is 0 Å². The van der Waals surface area contributed by atoms with Gasteiger partial charge in [-0.2, -0.15) is 17.0 Å². The molecule has 0 saturated carbocycles. The maximum atomic E-state index is 11.3. The molecule has 0 aromatic heterocycles. The molecule has 1 N–H and O–H groups in total. The van der Waals surface area contributed by atoms with E-state index in [2.05, 4.69) is 5.32 Å². The summed E-state index contributed by atoms with van der Waals surface area (Å²) >= 11 is 1.93. The number of nitrogens with zero attached hydrogens (tertiary/aromatic N) is 1. The molecule has 1 fully saturated rings. The number of hydrogen-bond donors (Lipinski definition) is 1. The molecule has 0 aliphatic carbocycles. The molecule has 0 aromatic carbocycles. The van der Waals surface area contributed by atoms with Gasteiger partial charge in [0.1, 0.15) is 5.92 Å². The predicted molar refractivity (Wildman–Crippen MR) is 57.9 cm³/mol. The van der Waals surface area contributed by atoms with Gasteiger partial charge < -0.3 is 5.32 Å². The van der Waals surface area contributed by atoms with Crippen LogP contribution in [0.3, 0.4) is 0 Å². The van der Waals surface area contributed by atoms with Crippen molar-refractivity contribution in [3.63, 3.8) is 0 Å². The Hall–Kier alpha value is -0.690. The number of carbonyl (C=O) groups excluding carboxylic acids is 1. The fourth-order valence-corrected chi connectivity index (χ4v) is 2.63. The van der Waals surface area contributed by atoms with Crippen LogP contribution in [0.2, 0.25) is 0 Å². The van der Waals surface area contributed by atoms with E-state index in [4.69, 9.17) is 5.26 Å².